The smallest absolute Gasteiger partial charge is 0.235 e. The minimum Gasteiger partial charge on any atom is -0.486 e. The summed E-state index contributed by atoms with van der Waals surface area (Å²) in [7, 11) is 0. The minimum atomic E-state index is -0.505. The number of hydrogen-bond donors (Lipinski definition) is 1. The van der Waals surface area contributed by atoms with E-state index in [1.807, 2.05) is 53.4 Å². The Kier molecular flexibility index (Phi) is 6.28. The van der Waals surface area contributed by atoms with E-state index in [2.05, 4.69) is 16.0 Å². The number of imidazole rings is 1. The van der Waals surface area contributed by atoms with Crippen molar-refractivity contribution in [2.45, 2.75) is 38.8 Å². The highest BCUT2D eigenvalue weighted by molar-refractivity contribution is 6.00. The second-order valence-corrected chi connectivity index (χ2v) is 8.98. The van der Waals surface area contributed by atoms with Crippen LogP contribution in [0.1, 0.15) is 31.5 Å². The molecule has 2 aliphatic heterocycles. The van der Waals surface area contributed by atoms with E-state index >= 15 is 0 Å². The highest BCUT2D eigenvalue weighted by Crippen LogP contribution is 2.26. The lowest BCUT2D eigenvalue weighted by molar-refractivity contribution is -0.144. The lowest BCUT2D eigenvalue weighted by Gasteiger charge is -2.35. The molecule has 0 aliphatic carbocycles. The number of benzene rings is 2. The molecule has 2 amide bonds. The number of carbonyl (C=O) groups excluding carboxylic acids is 2. The topological polar surface area (TPSA) is 76.5 Å². The molecule has 0 radical (unpaired) electrons. The van der Waals surface area contributed by atoms with E-state index in [4.69, 9.17) is 9.72 Å². The Morgan fingerprint density at radius 1 is 1.03 bits per heavy atom. The fourth-order valence-electron chi connectivity index (χ4n) is 4.93. The third-order valence-corrected chi connectivity index (χ3v) is 6.80. The second kappa shape index (κ2) is 9.65. The van der Waals surface area contributed by atoms with E-state index in [1.54, 1.807) is 0 Å². The molecular formula is C26H30N4O3. The Hall–Kier alpha value is -3.35. The van der Waals surface area contributed by atoms with Gasteiger partial charge in [0.25, 0.3) is 0 Å². The van der Waals surface area contributed by atoms with Crippen LogP contribution in [0.4, 0.5) is 0 Å². The van der Waals surface area contributed by atoms with Gasteiger partial charge in [-0.15, -0.1) is 0 Å². The van der Waals surface area contributed by atoms with Gasteiger partial charge in [-0.1, -0.05) is 30.3 Å². The van der Waals surface area contributed by atoms with Gasteiger partial charge in [-0.3, -0.25) is 9.59 Å². The van der Waals surface area contributed by atoms with Gasteiger partial charge in [-0.2, -0.15) is 0 Å². The van der Waals surface area contributed by atoms with Crippen molar-refractivity contribution in [3.05, 3.63) is 60.4 Å². The first-order valence-corrected chi connectivity index (χ1v) is 11.9. The number of piperidine rings is 2. The van der Waals surface area contributed by atoms with Crippen LogP contribution in [0.2, 0.25) is 0 Å². The van der Waals surface area contributed by atoms with Crippen molar-refractivity contribution in [2.24, 2.45) is 11.8 Å². The number of para-hydroxylation sites is 3. The SMILES string of the molecule is O=C1NCCCC1C(=O)N1CCC(Cn2c(COc3ccccc3)nc3ccccc32)CC1. The Morgan fingerprint density at radius 3 is 2.58 bits per heavy atom. The van der Waals surface area contributed by atoms with Crippen LogP contribution in [0.5, 0.6) is 5.75 Å². The molecule has 2 saturated heterocycles. The predicted molar refractivity (Wildman–Crippen MR) is 126 cm³/mol. The molecule has 7 heteroatoms. The van der Waals surface area contributed by atoms with Gasteiger partial charge in [0.2, 0.25) is 11.8 Å². The summed E-state index contributed by atoms with van der Waals surface area (Å²) in [5, 5.41) is 2.83. The standard InChI is InChI=1S/C26H30N4O3/c31-25-21(9-6-14-27-25)26(32)29-15-12-19(13-16-29)17-30-23-11-5-4-10-22(23)28-24(30)18-33-20-7-2-1-3-8-20/h1-5,7-8,10-11,19,21H,6,9,12-18H2,(H,27,31). The summed E-state index contributed by atoms with van der Waals surface area (Å²) < 4.78 is 8.28. The van der Waals surface area contributed by atoms with Crippen LogP contribution in [0, 0.1) is 11.8 Å². The third-order valence-electron chi connectivity index (χ3n) is 6.80. The van der Waals surface area contributed by atoms with Gasteiger partial charge in [0.15, 0.2) is 0 Å². The lowest BCUT2D eigenvalue weighted by atomic mass is 9.93. The summed E-state index contributed by atoms with van der Waals surface area (Å²) in [5.41, 5.74) is 2.08. The molecule has 1 atom stereocenters. The lowest BCUT2D eigenvalue weighted by Crippen LogP contribution is -2.49. The number of nitrogens with zero attached hydrogens (tertiary/aromatic N) is 3. The van der Waals surface area contributed by atoms with Gasteiger partial charge in [0.1, 0.15) is 24.1 Å². The summed E-state index contributed by atoms with van der Waals surface area (Å²) in [5.74, 6) is 1.57. The molecule has 0 saturated carbocycles. The summed E-state index contributed by atoms with van der Waals surface area (Å²) in [6, 6.07) is 18.0. The summed E-state index contributed by atoms with van der Waals surface area (Å²) in [6.45, 7) is 3.35. The maximum Gasteiger partial charge on any atom is 0.235 e. The molecule has 1 unspecified atom stereocenters. The molecule has 2 aromatic carbocycles. The molecular weight excluding hydrogens is 416 g/mol. The second-order valence-electron chi connectivity index (χ2n) is 8.98. The summed E-state index contributed by atoms with van der Waals surface area (Å²) in [4.78, 5) is 31.7. The Balaban J connectivity index is 1.25. The van der Waals surface area contributed by atoms with Crippen molar-refractivity contribution in [1.82, 2.24) is 19.8 Å². The number of nitrogens with one attached hydrogen (secondary N) is 1. The Morgan fingerprint density at radius 2 is 1.79 bits per heavy atom. The zero-order valence-electron chi connectivity index (χ0n) is 18.8. The predicted octanol–water partition coefficient (Wildman–Crippen LogP) is 3.38. The number of hydrogen-bond acceptors (Lipinski definition) is 4. The quantitative estimate of drug-likeness (QED) is 0.589. The average molecular weight is 447 g/mol. The maximum absolute atomic E-state index is 12.9. The van der Waals surface area contributed by atoms with Crippen LogP contribution in [0.25, 0.3) is 11.0 Å². The maximum atomic E-state index is 12.9. The van der Waals surface area contributed by atoms with E-state index in [0.717, 1.165) is 48.4 Å². The van der Waals surface area contributed by atoms with Crippen molar-refractivity contribution < 1.29 is 14.3 Å². The van der Waals surface area contributed by atoms with Gasteiger partial charge in [-0.05, 0) is 55.9 Å². The fraction of sp³-hybridized carbons (Fsp3) is 0.423. The van der Waals surface area contributed by atoms with Crippen molar-refractivity contribution >= 4 is 22.8 Å². The zero-order chi connectivity index (χ0) is 22.6. The first-order valence-electron chi connectivity index (χ1n) is 11.9. The molecule has 1 aromatic heterocycles. The number of amides is 2. The third kappa shape index (κ3) is 4.72. The van der Waals surface area contributed by atoms with Crippen LogP contribution >= 0.6 is 0 Å². The molecule has 0 spiro atoms. The molecule has 3 aromatic rings. The molecule has 0 bridgehead atoms. The normalized spacial score (nSPS) is 19.5. The Bertz CT molecular complexity index is 1120. The van der Waals surface area contributed by atoms with E-state index in [-0.39, 0.29) is 11.8 Å². The van der Waals surface area contributed by atoms with Gasteiger partial charge in [-0.25, -0.2) is 4.98 Å². The first-order chi connectivity index (χ1) is 16.2. The van der Waals surface area contributed by atoms with E-state index in [9.17, 15) is 9.59 Å². The number of carbonyl (C=O) groups is 2. The molecule has 172 valence electrons. The molecule has 3 heterocycles. The molecule has 33 heavy (non-hydrogen) atoms. The van der Waals surface area contributed by atoms with Crippen molar-refractivity contribution in [3.63, 3.8) is 0 Å². The zero-order valence-corrected chi connectivity index (χ0v) is 18.8. The summed E-state index contributed by atoms with van der Waals surface area (Å²) >= 11 is 0. The molecule has 2 aliphatic rings. The number of rotatable bonds is 6. The molecule has 2 fully saturated rings. The molecule has 1 N–H and O–H groups in total. The number of ether oxygens (including phenoxy) is 1. The van der Waals surface area contributed by atoms with Crippen molar-refractivity contribution in [3.8, 4) is 5.75 Å². The Labute approximate surface area is 193 Å². The van der Waals surface area contributed by atoms with E-state index in [0.29, 0.717) is 38.6 Å². The average Bonchev–Trinajstić information content (AvgIpc) is 3.21. The van der Waals surface area contributed by atoms with Crippen LogP contribution in [-0.4, -0.2) is 45.9 Å². The highest BCUT2D eigenvalue weighted by atomic mass is 16.5. The van der Waals surface area contributed by atoms with E-state index in [1.165, 1.54) is 0 Å². The first kappa shape index (κ1) is 21.5. The van der Waals surface area contributed by atoms with Crippen molar-refractivity contribution in [2.75, 3.05) is 19.6 Å². The molecule has 5 rings (SSSR count). The van der Waals surface area contributed by atoms with Crippen LogP contribution in [-0.2, 0) is 22.7 Å². The van der Waals surface area contributed by atoms with Crippen LogP contribution in [0.3, 0.4) is 0 Å². The van der Waals surface area contributed by atoms with Crippen LogP contribution < -0.4 is 10.1 Å². The van der Waals surface area contributed by atoms with Gasteiger partial charge in [0.05, 0.1) is 11.0 Å². The van der Waals surface area contributed by atoms with Crippen molar-refractivity contribution in [1.29, 1.82) is 0 Å². The van der Waals surface area contributed by atoms with Crippen LogP contribution in [0.15, 0.2) is 54.6 Å². The van der Waals surface area contributed by atoms with Gasteiger partial charge < -0.3 is 19.5 Å². The van der Waals surface area contributed by atoms with Gasteiger partial charge in [0, 0.05) is 26.2 Å². The largest absolute Gasteiger partial charge is 0.486 e. The van der Waals surface area contributed by atoms with Gasteiger partial charge >= 0.3 is 0 Å². The number of likely N-dealkylation sites (tertiary alicyclic amines) is 1. The number of aromatic nitrogens is 2. The monoisotopic (exact) mass is 446 g/mol. The number of fused-ring (bicyclic) bond motifs is 1. The highest BCUT2D eigenvalue weighted by Gasteiger charge is 2.34. The fourth-order valence-corrected chi connectivity index (χ4v) is 4.93. The van der Waals surface area contributed by atoms with E-state index < -0.39 is 5.92 Å². The summed E-state index contributed by atoms with van der Waals surface area (Å²) in [6.07, 6.45) is 3.38. The molecule has 7 nitrogen and oxygen atoms in total. The minimum absolute atomic E-state index is 0.00400.